The lowest BCUT2D eigenvalue weighted by atomic mass is 10.0. The molecule has 164 valence electrons. The molecule has 1 aliphatic rings. The Balaban J connectivity index is 1.60. The minimum atomic E-state index is -0.633. The minimum Gasteiger partial charge on any atom is -0.399 e. The van der Waals surface area contributed by atoms with E-state index in [4.69, 9.17) is 11.5 Å². The number of nitrogens with two attached hydrogens (primary N) is 2. The van der Waals surface area contributed by atoms with Crippen LogP contribution in [0.3, 0.4) is 0 Å². The summed E-state index contributed by atoms with van der Waals surface area (Å²) in [6.07, 6.45) is 1.76. The predicted molar refractivity (Wildman–Crippen MR) is 127 cm³/mol. The van der Waals surface area contributed by atoms with Crippen LogP contribution in [-0.2, 0) is 29.0 Å². The highest BCUT2D eigenvalue weighted by Gasteiger charge is 2.32. The number of nitrogen functional groups attached to an aromatic ring is 1. The van der Waals surface area contributed by atoms with E-state index in [1.807, 2.05) is 72.8 Å². The molecule has 0 spiro atoms. The summed E-state index contributed by atoms with van der Waals surface area (Å²) in [6, 6.07) is 24.0. The average molecular weight is 429 g/mol. The fraction of sp³-hybridized carbons (Fsp3) is 0.231. The van der Waals surface area contributed by atoms with Crippen molar-refractivity contribution in [2.75, 3.05) is 10.6 Å². The van der Waals surface area contributed by atoms with Gasteiger partial charge in [0.05, 0.1) is 18.6 Å². The van der Waals surface area contributed by atoms with Crippen LogP contribution in [0, 0.1) is 0 Å². The van der Waals surface area contributed by atoms with Crippen molar-refractivity contribution >= 4 is 23.2 Å². The van der Waals surface area contributed by atoms with Crippen molar-refractivity contribution in [1.29, 1.82) is 0 Å². The monoisotopic (exact) mass is 428 g/mol. The van der Waals surface area contributed by atoms with Crippen LogP contribution in [0.15, 0.2) is 78.9 Å². The smallest absolute Gasteiger partial charge is 0.244 e. The number of rotatable bonds is 7. The Morgan fingerprint density at radius 3 is 2.38 bits per heavy atom. The molecule has 2 amide bonds. The van der Waals surface area contributed by atoms with Crippen molar-refractivity contribution in [3.63, 3.8) is 0 Å². The molecule has 0 bridgehead atoms. The maximum absolute atomic E-state index is 13.7. The summed E-state index contributed by atoms with van der Waals surface area (Å²) in [7, 11) is 0. The molecule has 5 N–H and O–H groups in total. The highest BCUT2D eigenvalue weighted by Crippen LogP contribution is 2.29. The quantitative estimate of drug-likeness (QED) is 0.504. The van der Waals surface area contributed by atoms with E-state index >= 15 is 0 Å². The molecule has 0 fully saturated rings. The van der Waals surface area contributed by atoms with Crippen LogP contribution in [0.25, 0.3) is 0 Å². The molecule has 32 heavy (non-hydrogen) atoms. The van der Waals surface area contributed by atoms with Crippen molar-refractivity contribution in [2.45, 2.75) is 37.9 Å². The van der Waals surface area contributed by atoms with Gasteiger partial charge in [0.15, 0.2) is 0 Å². The van der Waals surface area contributed by atoms with Gasteiger partial charge in [-0.15, -0.1) is 0 Å². The molecule has 4 rings (SSSR count). The standard InChI is InChI=1S/C26H28N4O2/c27-21-13-10-19(11-14-21)17-30-24-9-5-4-8-20(24)12-15-22(26(30)32)29-23(25(28)31)16-18-6-2-1-3-7-18/h1-11,13-14,22-23,29H,12,15-17,27H2,(H2,28,31)/t22?,23-/m0/s1. The number of carbonyl (C=O) groups excluding carboxylic acids is 2. The number of primary amides is 1. The second kappa shape index (κ2) is 9.66. The van der Waals surface area contributed by atoms with Crippen molar-refractivity contribution < 1.29 is 9.59 Å². The molecule has 1 unspecified atom stereocenters. The Hall–Kier alpha value is -3.64. The molecule has 0 saturated heterocycles. The van der Waals surface area contributed by atoms with Gasteiger partial charge in [0.1, 0.15) is 0 Å². The van der Waals surface area contributed by atoms with Gasteiger partial charge in [0.25, 0.3) is 0 Å². The summed E-state index contributed by atoms with van der Waals surface area (Å²) in [5.41, 5.74) is 16.2. The van der Waals surface area contributed by atoms with Gasteiger partial charge >= 0.3 is 0 Å². The van der Waals surface area contributed by atoms with Crippen LogP contribution in [0.1, 0.15) is 23.1 Å². The Kier molecular flexibility index (Phi) is 6.52. The van der Waals surface area contributed by atoms with Crippen LogP contribution in [-0.4, -0.2) is 23.9 Å². The van der Waals surface area contributed by atoms with Gasteiger partial charge < -0.3 is 16.4 Å². The maximum Gasteiger partial charge on any atom is 0.244 e. The van der Waals surface area contributed by atoms with Crippen molar-refractivity contribution in [3.05, 3.63) is 95.6 Å². The lowest BCUT2D eigenvalue weighted by Crippen LogP contribution is -2.53. The Morgan fingerprint density at radius 2 is 1.66 bits per heavy atom. The van der Waals surface area contributed by atoms with Gasteiger partial charge in [-0.1, -0.05) is 60.7 Å². The largest absolute Gasteiger partial charge is 0.399 e. The number of amides is 2. The summed E-state index contributed by atoms with van der Waals surface area (Å²) < 4.78 is 0. The Morgan fingerprint density at radius 1 is 0.969 bits per heavy atom. The first-order valence-corrected chi connectivity index (χ1v) is 10.8. The van der Waals surface area contributed by atoms with Gasteiger partial charge in [0.2, 0.25) is 11.8 Å². The van der Waals surface area contributed by atoms with E-state index in [1.165, 1.54) is 0 Å². The van der Waals surface area contributed by atoms with E-state index in [1.54, 1.807) is 4.90 Å². The molecule has 1 aliphatic heterocycles. The molecular formula is C26H28N4O2. The second-order valence-corrected chi connectivity index (χ2v) is 8.20. The van der Waals surface area contributed by atoms with E-state index in [0.29, 0.717) is 25.1 Å². The molecule has 3 aromatic carbocycles. The number of fused-ring (bicyclic) bond motifs is 1. The number of hydrogen-bond acceptors (Lipinski definition) is 4. The number of anilines is 2. The lowest BCUT2D eigenvalue weighted by molar-refractivity contribution is -0.122. The number of nitrogens with one attached hydrogen (secondary N) is 1. The first-order chi connectivity index (χ1) is 15.5. The average Bonchev–Trinajstić information content (AvgIpc) is 2.93. The molecule has 3 aromatic rings. The molecule has 2 atom stereocenters. The molecule has 0 aromatic heterocycles. The highest BCUT2D eigenvalue weighted by molar-refractivity contribution is 5.99. The highest BCUT2D eigenvalue weighted by atomic mass is 16.2. The fourth-order valence-corrected chi connectivity index (χ4v) is 4.17. The fourth-order valence-electron chi connectivity index (χ4n) is 4.17. The molecule has 1 heterocycles. The van der Waals surface area contributed by atoms with Crippen molar-refractivity contribution in [3.8, 4) is 0 Å². The third kappa shape index (κ3) is 4.98. The van der Waals surface area contributed by atoms with E-state index in [9.17, 15) is 9.59 Å². The maximum atomic E-state index is 13.7. The summed E-state index contributed by atoms with van der Waals surface area (Å²) in [5, 5.41) is 3.27. The first-order valence-electron chi connectivity index (χ1n) is 10.8. The van der Waals surface area contributed by atoms with E-state index < -0.39 is 18.0 Å². The Bertz CT molecular complexity index is 1080. The van der Waals surface area contributed by atoms with Gasteiger partial charge in [-0.3, -0.25) is 14.9 Å². The predicted octanol–water partition coefficient (Wildman–Crippen LogP) is 2.80. The van der Waals surface area contributed by atoms with Gasteiger partial charge in [-0.2, -0.15) is 0 Å². The van der Waals surface area contributed by atoms with E-state index in [-0.39, 0.29) is 5.91 Å². The summed E-state index contributed by atoms with van der Waals surface area (Å²) in [6.45, 7) is 0.425. The molecular weight excluding hydrogens is 400 g/mol. The number of aryl methyl sites for hydroxylation is 1. The Labute approximate surface area is 188 Å². The van der Waals surface area contributed by atoms with Gasteiger partial charge in [-0.05, 0) is 54.2 Å². The zero-order valence-corrected chi connectivity index (χ0v) is 17.9. The first kappa shape index (κ1) is 21.6. The minimum absolute atomic E-state index is 0.0638. The summed E-state index contributed by atoms with van der Waals surface area (Å²) in [5.74, 6) is -0.528. The zero-order chi connectivity index (χ0) is 22.5. The number of hydrogen-bond donors (Lipinski definition) is 3. The summed E-state index contributed by atoms with van der Waals surface area (Å²) in [4.78, 5) is 27.7. The number of carbonyl (C=O) groups is 2. The van der Waals surface area contributed by atoms with Gasteiger partial charge in [-0.25, -0.2) is 0 Å². The molecule has 0 radical (unpaired) electrons. The lowest BCUT2D eigenvalue weighted by Gasteiger charge is -2.28. The molecule has 0 saturated carbocycles. The molecule has 6 heteroatoms. The third-order valence-corrected chi connectivity index (χ3v) is 5.90. The number of para-hydroxylation sites is 1. The van der Waals surface area contributed by atoms with Crippen LogP contribution < -0.4 is 21.7 Å². The topological polar surface area (TPSA) is 101 Å². The SMILES string of the molecule is NC(=O)[C@H](Cc1ccccc1)NC1CCc2ccccc2N(Cc2ccc(N)cc2)C1=O. The van der Waals surface area contributed by atoms with Crippen LogP contribution >= 0.6 is 0 Å². The number of benzene rings is 3. The van der Waals surface area contributed by atoms with Crippen molar-refractivity contribution in [2.24, 2.45) is 5.73 Å². The normalized spacial score (nSPS) is 16.8. The van der Waals surface area contributed by atoms with Crippen molar-refractivity contribution in [1.82, 2.24) is 5.32 Å². The van der Waals surface area contributed by atoms with E-state index in [0.717, 1.165) is 28.8 Å². The zero-order valence-electron chi connectivity index (χ0n) is 17.9. The van der Waals surface area contributed by atoms with Crippen LogP contribution in [0.2, 0.25) is 0 Å². The molecule has 0 aliphatic carbocycles. The van der Waals surface area contributed by atoms with Crippen LogP contribution in [0.5, 0.6) is 0 Å². The number of nitrogens with zero attached hydrogens (tertiary/aromatic N) is 1. The van der Waals surface area contributed by atoms with E-state index in [2.05, 4.69) is 11.4 Å². The summed E-state index contributed by atoms with van der Waals surface area (Å²) >= 11 is 0. The van der Waals surface area contributed by atoms with Gasteiger partial charge in [0, 0.05) is 11.4 Å². The van der Waals surface area contributed by atoms with Crippen LogP contribution in [0.4, 0.5) is 11.4 Å². The molecule has 6 nitrogen and oxygen atoms in total. The second-order valence-electron chi connectivity index (χ2n) is 8.20. The third-order valence-electron chi connectivity index (χ3n) is 5.90.